The standard InChI is InChI=1S/C20H7Br4NO6/c21-11-4-9-13(7-2-1-6(25-30)3-8(7)20(28)29)10-5-12(22)17(27)15(24)19(10)31-18(9)14(23)16(11)26/h1-5,26H,(H,28,29). The second kappa shape index (κ2) is 8.12. The molecule has 4 rings (SSSR count). The molecule has 31 heavy (non-hydrogen) atoms. The molecule has 2 aromatic rings. The zero-order valence-electron chi connectivity index (χ0n) is 14.9. The number of rotatable bonds is 3. The summed E-state index contributed by atoms with van der Waals surface area (Å²) in [5.41, 5.74) is 0.757. The van der Waals surface area contributed by atoms with Crippen LogP contribution < -0.4 is 5.43 Å². The Hall–Kier alpha value is -2.08. The molecular weight excluding hydrogens is 670 g/mol. The molecule has 0 fully saturated rings. The summed E-state index contributed by atoms with van der Waals surface area (Å²) in [5, 5.41) is 23.4. The molecule has 0 saturated heterocycles. The van der Waals surface area contributed by atoms with Gasteiger partial charge in [-0.15, -0.1) is 4.91 Å². The molecule has 0 bridgehead atoms. The van der Waals surface area contributed by atoms with E-state index in [-0.39, 0.29) is 52.8 Å². The van der Waals surface area contributed by atoms with Crippen molar-refractivity contribution in [1.29, 1.82) is 0 Å². The number of halogens is 4. The lowest BCUT2D eigenvalue weighted by Gasteiger charge is -2.19. The number of hydrogen-bond donors (Lipinski definition) is 2. The summed E-state index contributed by atoms with van der Waals surface area (Å²) >= 11 is 13.1. The topological polar surface area (TPSA) is 117 Å². The molecule has 2 aromatic carbocycles. The number of phenolic OH excluding ortho intramolecular Hbond substituents is 1. The van der Waals surface area contributed by atoms with Crippen LogP contribution in [0.15, 0.2) is 62.6 Å². The highest BCUT2D eigenvalue weighted by Crippen LogP contribution is 2.49. The van der Waals surface area contributed by atoms with Crippen molar-refractivity contribution in [2.24, 2.45) is 5.18 Å². The maximum absolute atomic E-state index is 12.5. The van der Waals surface area contributed by atoms with Crippen molar-refractivity contribution in [2.75, 3.05) is 0 Å². The summed E-state index contributed by atoms with van der Waals surface area (Å²) < 4.78 is 6.89. The number of nitroso groups, excluding NO2 is 1. The molecule has 2 N–H and O–H groups in total. The first-order valence-corrected chi connectivity index (χ1v) is 11.5. The molecule has 2 aliphatic rings. The van der Waals surface area contributed by atoms with Crippen LogP contribution in [0.3, 0.4) is 0 Å². The number of aromatic hydroxyl groups is 1. The van der Waals surface area contributed by atoms with Crippen LogP contribution in [-0.2, 0) is 0 Å². The highest BCUT2D eigenvalue weighted by molar-refractivity contribution is 9.11. The Morgan fingerprint density at radius 2 is 1.68 bits per heavy atom. The van der Waals surface area contributed by atoms with Crippen molar-refractivity contribution in [3.63, 3.8) is 0 Å². The Morgan fingerprint density at radius 3 is 2.32 bits per heavy atom. The minimum absolute atomic E-state index is 0.0420. The average Bonchev–Trinajstić information content (AvgIpc) is 2.75. The molecule has 0 unspecified atom stereocenters. The number of fused-ring (bicyclic) bond motifs is 2. The van der Waals surface area contributed by atoms with E-state index in [0.717, 1.165) is 0 Å². The Labute approximate surface area is 206 Å². The van der Waals surface area contributed by atoms with Crippen LogP contribution in [0, 0.1) is 4.91 Å². The predicted octanol–water partition coefficient (Wildman–Crippen LogP) is 7.42. The molecule has 0 radical (unpaired) electrons. The summed E-state index contributed by atoms with van der Waals surface area (Å²) in [4.78, 5) is 35.4. The normalized spacial score (nSPS) is 11.2. The summed E-state index contributed by atoms with van der Waals surface area (Å²) in [6.07, 6.45) is 0. The Bertz CT molecular complexity index is 1460. The van der Waals surface area contributed by atoms with Gasteiger partial charge in [-0.25, -0.2) is 4.79 Å². The van der Waals surface area contributed by atoms with Crippen molar-refractivity contribution in [2.45, 2.75) is 0 Å². The summed E-state index contributed by atoms with van der Waals surface area (Å²) in [5.74, 6) is -1.23. The quantitative estimate of drug-likeness (QED) is 0.172. The molecule has 11 heteroatoms. The van der Waals surface area contributed by atoms with Gasteiger partial charge in [-0.2, -0.15) is 0 Å². The number of carbonyl (C=O) groups is 1. The van der Waals surface area contributed by atoms with Crippen molar-refractivity contribution >= 4 is 86.3 Å². The lowest BCUT2D eigenvalue weighted by Crippen LogP contribution is -2.07. The number of carboxylic acids is 1. The minimum atomic E-state index is -1.27. The van der Waals surface area contributed by atoms with Crippen LogP contribution in [0.4, 0.5) is 5.69 Å². The Balaban J connectivity index is 2.32. The summed E-state index contributed by atoms with van der Waals surface area (Å²) in [6, 6.07) is 7.15. The van der Waals surface area contributed by atoms with Crippen LogP contribution in [-0.4, -0.2) is 16.2 Å². The molecule has 1 heterocycles. The molecule has 1 aliphatic carbocycles. The van der Waals surface area contributed by atoms with E-state index in [1.165, 1.54) is 24.3 Å². The van der Waals surface area contributed by atoms with Crippen LogP contribution >= 0.6 is 63.7 Å². The Morgan fingerprint density at radius 1 is 0.968 bits per heavy atom. The van der Waals surface area contributed by atoms with Crippen LogP contribution in [0.2, 0.25) is 0 Å². The number of phenols is 1. The van der Waals surface area contributed by atoms with Crippen LogP contribution in [0.1, 0.15) is 10.4 Å². The second-order valence-corrected chi connectivity index (χ2v) is 9.67. The molecule has 0 atom stereocenters. The lowest BCUT2D eigenvalue weighted by molar-refractivity contribution is 0.0697. The van der Waals surface area contributed by atoms with E-state index in [2.05, 4.69) is 68.9 Å². The third kappa shape index (κ3) is 3.53. The number of hydrogen-bond acceptors (Lipinski definition) is 6. The fraction of sp³-hybridized carbons (Fsp3) is 0. The van der Waals surface area contributed by atoms with Crippen LogP contribution in [0.5, 0.6) is 5.75 Å². The number of benzene rings is 3. The monoisotopic (exact) mass is 673 g/mol. The fourth-order valence-electron chi connectivity index (χ4n) is 3.27. The first kappa shape index (κ1) is 22.1. The van der Waals surface area contributed by atoms with E-state index in [1.54, 1.807) is 6.07 Å². The smallest absolute Gasteiger partial charge is 0.336 e. The zero-order chi connectivity index (χ0) is 22.6. The van der Waals surface area contributed by atoms with Crippen molar-refractivity contribution in [3.8, 4) is 28.2 Å². The maximum Gasteiger partial charge on any atom is 0.336 e. The van der Waals surface area contributed by atoms with E-state index in [4.69, 9.17) is 4.42 Å². The van der Waals surface area contributed by atoms with E-state index in [0.29, 0.717) is 21.0 Å². The first-order valence-electron chi connectivity index (χ1n) is 8.32. The third-order valence-corrected chi connectivity index (χ3v) is 7.28. The Kier molecular flexibility index (Phi) is 5.80. The van der Waals surface area contributed by atoms with Gasteiger partial charge in [0, 0.05) is 16.5 Å². The van der Waals surface area contributed by atoms with Gasteiger partial charge in [-0.05, 0) is 98.7 Å². The van der Waals surface area contributed by atoms with Gasteiger partial charge in [0.25, 0.3) is 0 Å². The van der Waals surface area contributed by atoms with Gasteiger partial charge in [0.15, 0.2) is 11.3 Å². The number of nitrogens with zero attached hydrogens (tertiary/aromatic N) is 1. The van der Waals surface area contributed by atoms with Gasteiger partial charge in [-0.3, -0.25) is 4.79 Å². The van der Waals surface area contributed by atoms with E-state index >= 15 is 0 Å². The SMILES string of the molecule is O=Nc1ccc(-c2c3cc(Br)c(=O)c(Br)c-3oc3c(Br)c(O)c(Br)cc23)c(C(=O)O)c1. The third-order valence-electron chi connectivity index (χ3n) is 4.63. The summed E-state index contributed by atoms with van der Waals surface area (Å²) in [6.45, 7) is 0. The van der Waals surface area contributed by atoms with Gasteiger partial charge in [0.2, 0.25) is 5.43 Å². The van der Waals surface area contributed by atoms with E-state index < -0.39 is 5.97 Å². The largest absolute Gasteiger partial charge is 0.505 e. The highest BCUT2D eigenvalue weighted by Gasteiger charge is 2.27. The van der Waals surface area contributed by atoms with Crippen LogP contribution in [0.25, 0.3) is 33.4 Å². The summed E-state index contributed by atoms with van der Waals surface area (Å²) in [7, 11) is 0. The molecule has 0 aromatic heterocycles. The molecule has 1 aliphatic heterocycles. The van der Waals surface area contributed by atoms with Gasteiger partial charge in [0.05, 0.1) is 14.5 Å². The molecule has 156 valence electrons. The molecular formula is C20H7Br4NO6. The maximum atomic E-state index is 12.5. The first-order chi connectivity index (χ1) is 14.6. The van der Waals surface area contributed by atoms with Gasteiger partial charge < -0.3 is 14.6 Å². The second-order valence-electron chi connectivity index (χ2n) is 6.38. The predicted molar refractivity (Wildman–Crippen MR) is 129 cm³/mol. The number of carboxylic acid groups (broad SMARTS) is 1. The molecule has 0 saturated carbocycles. The fourth-order valence-corrected chi connectivity index (χ4v) is 5.67. The molecule has 0 amide bonds. The van der Waals surface area contributed by atoms with E-state index in [1.807, 2.05) is 0 Å². The van der Waals surface area contributed by atoms with Crippen molar-refractivity contribution in [3.05, 3.63) is 68.9 Å². The zero-order valence-corrected chi connectivity index (χ0v) is 21.2. The minimum Gasteiger partial charge on any atom is -0.505 e. The molecule has 7 nitrogen and oxygen atoms in total. The van der Waals surface area contributed by atoms with Gasteiger partial charge >= 0.3 is 5.97 Å². The van der Waals surface area contributed by atoms with Gasteiger partial charge in [-0.1, -0.05) is 6.07 Å². The number of aromatic carboxylic acids is 1. The van der Waals surface area contributed by atoms with E-state index in [9.17, 15) is 24.7 Å². The van der Waals surface area contributed by atoms with Crippen molar-refractivity contribution < 1.29 is 19.4 Å². The lowest BCUT2D eigenvalue weighted by atomic mass is 9.90. The van der Waals surface area contributed by atoms with Crippen molar-refractivity contribution in [1.82, 2.24) is 0 Å². The highest BCUT2D eigenvalue weighted by atomic mass is 79.9. The molecule has 0 spiro atoms. The average molecular weight is 677 g/mol. The van der Waals surface area contributed by atoms with Gasteiger partial charge in [0.1, 0.15) is 20.4 Å².